The van der Waals surface area contributed by atoms with E-state index in [0.717, 1.165) is 27.2 Å². The molecular weight excluding hydrogens is 261 g/mol. The Hall–Kier alpha value is -2.01. The van der Waals surface area contributed by atoms with Gasteiger partial charge in [0.2, 0.25) is 0 Å². The van der Waals surface area contributed by atoms with Crippen molar-refractivity contribution in [2.24, 2.45) is 0 Å². The van der Waals surface area contributed by atoms with E-state index in [0.29, 0.717) is 0 Å². The Labute approximate surface area is 114 Å². The third kappa shape index (κ3) is 2.06. The molecule has 0 amide bonds. The molecule has 0 aliphatic carbocycles. The van der Waals surface area contributed by atoms with Gasteiger partial charge < -0.3 is 4.90 Å². The minimum absolute atomic E-state index is 0.229. The molecule has 0 atom stereocenters. The predicted octanol–water partition coefficient (Wildman–Crippen LogP) is 3.56. The second-order valence-electron chi connectivity index (χ2n) is 4.43. The summed E-state index contributed by atoms with van der Waals surface area (Å²) in [6.07, 6.45) is 1.57. The summed E-state index contributed by atoms with van der Waals surface area (Å²) in [6, 6.07) is 6.50. The number of aromatic nitrogens is 2. The SMILES string of the molecule is CN(C)c1ncnc2scc(-c3ccc(F)cc3)c12. The third-order valence-corrected chi connectivity index (χ3v) is 3.82. The van der Waals surface area contributed by atoms with E-state index in [4.69, 9.17) is 0 Å². The van der Waals surface area contributed by atoms with Crippen LogP contribution in [0.1, 0.15) is 0 Å². The summed E-state index contributed by atoms with van der Waals surface area (Å²) in [4.78, 5) is 11.5. The van der Waals surface area contributed by atoms with Gasteiger partial charge in [0, 0.05) is 25.0 Å². The first-order chi connectivity index (χ1) is 9.16. The predicted molar refractivity (Wildman–Crippen MR) is 77.1 cm³/mol. The maximum Gasteiger partial charge on any atom is 0.140 e. The molecule has 96 valence electrons. The second kappa shape index (κ2) is 4.59. The van der Waals surface area contributed by atoms with Gasteiger partial charge in [-0.15, -0.1) is 11.3 Å². The smallest absolute Gasteiger partial charge is 0.140 e. The van der Waals surface area contributed by atoms with Crippen LogP contribution in [0.15, 0.2) is 36.0 Å². The molecule has 1 aromatic carbocycles. The summed E-state index contributed by atoms with van der Waals surface area (Å²) in [7, 11) is 3.90. The Bertz CT molecular complexity index is 719. The molecule has 0 spiro atoms. The fourth-order valence-electron chi connectivity index (χ4n) is 2.04. The van der Waals surface area contributed by atoms with Crippen molar-refractivity contribution in [2.45, 2.75) is 0 Å². The van der Waals surface area contributed by atoms with Crippen LogP contribution < -0.4 is 4.90 Å². The molecular formula is C14H12FN3S. The molecule has 3 nitrogen and oxygen atoms in total. The van der Waals surface area contributed by atoms with Gasteiger partial charge in [-0.05, 0) is 17.7 Å². The molecule has 19 heavy (non-hydrogen) atoms. The first-order valence-corrected chi connectivity index (χ1v) is 6.70. The summed E-state index contributed by atoms with van der Waals surface area (Å²) in [5.74, 6) is 0.651. The van der Waals surface area contributed by atoms with Gasteiger partial charge in [0.1, 0.15) is 22.8 Å². The highest BCUT2D eigenvalue weighted by Crippen LogP contribution is 2.37. The maximum atomic E-state index is 13.0. The minimum atomic E-state index is -0.229. The molecule has 3 rings (SSSR count). The average molecular weight is 273 g/mol. The van der Waals surface area contributed by atoms with E-state index in [2.05, 4.69) is 9.97 Å². The van der Waals surface area contributed by atoms with Crippen LogP contribution in [-0.4, -0.2) is 24.1 Å². The van der Waals surface area contributed by atoms with E-state index >= 15 is 0 Å². The Balaban J connectivity index is 2.27. The van der Waals surface area contributed by atoms with Crippen LogP contribution >= 0.6 is 11.3 Å². The number of hydrogen-bond donors (Lipinski definition) is 0. The van der Waals surface area contributed by atoms with Crippen LogP contribution in [0.25, 0.3) is 21.3 Å². The molecule has 0 saturated carbocycles. The highest BCUT2D eigenvalue weighted by Gasteiger charge is 2.14. The van der Waals surface area contributed by atoms with Gasteiger partial charge in [-0.3, -0.25) is 0 Å². The number of nitrogens with zero attached hydrogens (tertiary/aromatic N) is 3. The first kappa shape index (κ1) is 12.0. The lowest BCUT2D eigenvalue weighted by molar-refractivity contribution is 0.628. The molecule has 0 bridgehead atoms. The lowest BCUT2D eigenvalue weighted by atomic mass is 10.1. The minimum Gasteiger partial charge on any atom is -0.362 e. The number of hydrogen-bond acceptors (Lipinski definition) is 4. The molecule has 3 aromatic rings. The van der Waals surface area contributed by atoms with Crippen LogP contribution in [0, 0.1) is 5.82 Å². The molecule has 0 fully saturated rings. The van der Waals surface area contributed by atoms with Crippen LogP contribution in [0.2, 0.25) is 0 Å². The summed E-state index contributed by atoms with van der Waals surface area (Å²) < 4.78 is 13.0. The highest BCUT2D eigenvalue weighted by atomic mass is 32.1. The molecule has 0 saturated heterocycles. The topological polar surface area (TPSA) is 29.0 Å². The zero-order chi connectivity index (χ0) is 13.4. The van der Waals surface area contributed by atoms with Crippen molar-refractivity contribution in [3.8, 4) is 11.1 Å². The fraction of sp³-hybridized carbons (Fsp3) is 0.143. The van der Waals surface area contributed by atoms with Crippen molar-refractivity contribution >= 4 is 27.4 Å². The van der Waals surface area contributed by atoms with E-state index in [1.807, 2.05) is 24.4 Å². The largest absolute Gasteiger partial charge is 0.362 e. The van der Waals surface area contributed by atoms with E-state index < -0.39 is 0 Å². The van der Waals surface area contributed by atoms with E-state index in [1.165, 1.54) is 12.1 Å². The van der Waals surface area contributed by atoms with Gasteiger partial charge in [0.05, 0.1) is 5.39 Å². The van der Waals surface area contributed by atoms with Crippen molar-refractivity contribution < 1.29 is 4.39 Å². The van der Waals surface area contributed by atoms with Crippen LogP contribution in [0.5, 0.6) is 0 Å². The molecule has 0 aliphatic rings. The van der Waals surface area contributed by atoms with Gasteiger partial charge in [-0.2, -0.15) is 0 Å². The molecule has 0 aliphatic heterocycles. The summed E-state index contributed by atoms with van der Waals surface area (Å²) in [5.41, 5.74) is 2.02. The second-order valence-corrected chi connectivity index (χ2v) is 5.29. The molecule has 2 heterocycles. The van der Waals surface area contributed by atoms with E-state index in [-0.39, 0.29) is 5.82 Å². The lowest BCUT2D eigenvalue weighted by Gasteiger charge is -2.13. The summed E-state index contributed by atoms with van der Waals surface area (Å²) >= 11 is 1.57. The number of halogens is 1. The summed E-state index contributed by atoms with van der Waals surface area (Å²) in [5, 5.41) is 3.06. The standard InChI is InChI=1S/C14H12FN3S/c1-18(2)13-12-11(7-19-14(12)17-8-16-13)9-3-5-10(15)6-4-9/h3-8H,1-2H3. The van der Waals surface area contributed by atoms with Gasteiger partial charge >= 0.3 is 0 Å². The summed E-state index contributed by atoms with van der Waals surface area (Å²) in [6.45, 7) is 0. The molecule has 0 unspecified atom stereocenters. The van der Waals surface area contributed by atoms with Crippen LogP contribution in [-0.2, 0) is 0 Å². The van der Waals surface area contributed by atoms with Crippen LogP contribution in [0.3, 0.4) is 0 Å². The monoisotopic (exact) mass is 273 g/mol. The zero-order valence-corrected chi connectivity index (χ0v) is 11.4. The molecule has 5 heteroatoms. The van der Waals surface area contributed by atoms with E-state index in [9.17, 15) is 4.39 Å². The van der Waals surface area contributed by atoms with Crippen molar-refractivity contribution in [3.05, 3.63) is 41.8 Å². The maximum absolute atomic E-state index is 13.0. The highest BCUT2D eigenvalue weighted by molar-refractivity contribution is 7.17. The van der Waals surface area contributed by atoms with Gasteiger partial charge in [0.15, 0.2) is 0 Å². The first-order valence-electron chi connectivity index (χ1n) is 5.82. The fourth-order valence-corrected chi connectivity index (χ4v) is 2.95. The normalized spacial score (nSPS) is 10.9. The van der Waals surface area contributed by atoms with E-state index in [1.54, 1.807) is 29.8 Å². The third-order valence-electron chi connectivity index (χ3n) is 2.93. The Morgan fingerprint density at radius 2 is 1.84 bits per heavy atom. The Morgan fingerprint density at radius 1 is 1.11 bits per heavy atom. The van der Waals surface area contributed by atoms with Gasteiger partial charge in [-0.25, -0.2) is 14.4 Å². The van der Waals surface area contributed by atoms with Crippen molar-refractivity contribution in [2.75, 3.05) is 19.0 Å². The van der Waals surface area contributed by atoms with Gasteiger partial charge in [-0.1, -0.05) is 12.1 Å². The quantitative estimate of drug-likeness (QED) is 0.715. The number of benzene rings is 1. The number of anilines is 1. The number of rotatable bonds is 2. The van der Waals surface area contributed by atoms with Crippen LogP contribution in [0.4, 0.5) is 10.2 Å². The number of thiophene rings is 1. The van der Waals surface area contributed by atoms with Gasteiger partial charge in [0.25, 0.3) is 0 Å². The van der Waals surface area contributed by atoms with Crippen molar-refractivity contribution in [1.82, 2.24) is 9.97 Å². The molecule has 2 aromatic heterocycles. The Morgan fingerprint density at radius 3 is 2.53 bits per heavy atom. The Kier molecular flexibility index (Phi) is 2.91. The van der Waals surface area contributed by atoms with Crippen molar-refractivity contribution in [1.29, 1.82) is 0 Å². The molecule has 0 radical (unpaired) electrons. The number of fused-ring (bicyclic) bond motifs is 1. The lowest BCUT2D eigenvalue weighted by Crippen LogP contribution is -2.11. The van der Waals surface area contributed by atoms with Crippen molar-refractivity contribution in [3.63, 3.8) is 0 Å². The molecule has 0 N–H and O–H groups in total. The average Bonchev–Trinajstić information content (AvgIpc) is 2.83. The zero-order valence-electron chi connectivity index (χ0n) is 10.6.